The van der Waals surface area contributed by atoms with Crippen LogP contribution in [0.1, 0.15) is 42.5 Å². The van der Waals surface area contributed by atoms with Gasteiger partial charge in [0.2, 0.25) is 15.8 Å². The van der Waals surface area contributed by atoms with Crippen molar-refractivity contribution in [2.24, 2.45) is 16.6 Å². The Kier molecular flexibility index (Phi) is 7.20. The zero-order valence-electron chi connectivity index (χ0n) is 25.2. The lowest BCUT2D eigenvalue weighted by atomic mass is 9.46. The monoisotopic (exact) mass is 635 g/mol. The van der Waals surface area contributed by atoms with Crippen LogP contribution in [0.15, 0.2) is 53.3 Å². The van der Waals surface area contributed by atoms with Crippen molar-refractivity contribution in [3.8, 4) is 17.6 Å². The summed E-state index contributed by atoms with van der Waals surface area (Å²) in [5, 5.41) is 45.7. The zero-order chi connectivity index (χ0) is 33.4. The molecule has 0 spiro atoms. The predicted molar refractivity (Wildman–Crippen MR) is 164 cm³/mol. The minimum absolute atomic E-state index is 0.0518. The number of ketones is 2. The van der Waals surface area contributed by atoms with Gasteiger partial charge in [0.15, 0.2) is 11.4 Å². The maximum Gasteiger partial charge on any atom is 0.255 e. The van der Waals surface area contributed by atoms with Crippen LogP contribution in [-0.2, 0) is 30.8 Å². The average molecular weight is 636 g/mol. The Hall–Kier alpha value is -4.64. The van der Waals surface area contributed by atoms with Crippen LogP contribution < -0.4 is 10.5 Å². The number of aliphatic hydroxyl groups excluding tert-OH is 2. The van der Waals surface area contributed by atoms with Crippen LogP contribution in [0.25, 0.3) is 5.76 Å². The number of primary amides is 1. The normalized spacial score (nSPS) is 27.8. The van der Waals surface area contributed by atoms with Crippen LogP contribution >= 0.6 is 0 Å². The SMILES string of the molecule is CN(C)[C@@H]1C(=O)C(C(N)=O)=C(O)[C@@]2(O)C(=O)C3=C(O)c4c(O)ccc(C#Cc5ccc(NS(C)(=O)=O)cc5)c4C[C@@]3(C)C[C@@]12C. The summed E-state index contributed by atoms with van der Waals surface area (Å²) >= 11 is 0. The largest absolute Gasteiger partial charge is 0.508 e. The second kappa shape index (κ2) is 10.2. The highest BCUT2D eigenvalue weighted by Gasteiger charge is 2.72. The second-order valence-electron chi connectivity index (χ2n) is 12.6. The van der Waals surface area contributed by atoms with Gasteiger partial charge in [-0.3, -0.25) is 24.0 Å². The lowest BCUT2D eigenvalue weighted by Gasteiger charge is -2.59. The number of nitrogens with one attached hydrogen (secondary N) is 1. The Labute approximate surface area is 259 Å². The van der Waals surface area contributed by atoms with E-state index in [0.717, 1.165) is 6.26 Å². The number of likely N-dealkylation sites (N-methyl/N-ethyl adjacent to an activating group) is 1. The maximum atomic E-state index is 14.3. The van der Waals surface area contributed by atoms with E-state index in [2.05, 4.69) is 16.6 Å². The molecule has 2 aromatic carbocycles. The van der Waals surface area contributed by atoms with Gasteiger partial charge in [0, 0.05) is 33.2 Å². The number of sulfonamides is 1. The van der Waals surface area contributed by atoms with E-state index in [4.69, 9.17) is 5.73 Å². The maximum absolute atomic E-state index is 14.3. The van der Waals surface area contributed by atoms with E-state index in [0.29, 0.717) is 22.4 Å². The Balaban J connectivity index is 1.68. The number of carbonyl (C=O) groups is 3. The van der Waals surface area contributed by atoms with Gasteiger partial charge in [-0.25, -0.2) is 8.42 Å². The Bertz CT molecular complexity index is 1940. The molecule has 5 rings (SSSR count). The molecule has 7 N–H and O–H groups in total. The van der Waals surface area contributed by atoms with Crippen molar-refractivity contribution in [1.82, 2.24) is 4.90 Å². The lowest BCUT2D eigenvalue weighted by Crippen LogP contribution is -2.72. The molecule has 0 saturated heterocycles. The number of nitrogens with two attached hydrogens (primary N) is 1. The van der Waals surface area contributed by atoms with E-state index in [1.165, 1.54) is 32.0 Å². The van der Waals surface area contributed by atoms with Crippen molar-refractivity contribution >= 4 is 38.9 Å². The summed E-state index contributed by atoms with van der Waals surface area (Å²) in [5.74, 6) is 0.612. The van der Waals surface area contributed by atoms with Crippen molar-refractivity contribution in [3.05, 3.63) is 75.6 Å². The molecular formula is C32H33N3O9S. The molecule has 45 heavy (non-hydrogen) atoms. The van der Waals surface area contributed by atoms with E-state index >= 15 is 0 Å². The smallest absolute Gasteiger partial charge is 0.255 e. The van der Waals surface area contributed by atoms with Gasteiger partial charge in [0.25, 0.3) is 5.91 Å². The van der Waals surface area contributed by atoms with Crippen LogP contribution in [0.4, 0.5) is 5.69 Å². The first-order valence-electron chi connectivity index (χ1n) is 13.9. The molecule has 1 fully saturated rings. The quantitative estimate of drug-likeness (QED) is 0.211. The molecule has 1 saturated carbocycles. The van der Waals surface area contributed by atoms with Gasteiger partial charge in [-0.05, 0) is 68.9 Å². The van der Waals surface area contributed by atoms with Gasteiger partial charge in [-0.1, -0.05) is 25.7 Å². The van der Waals surface area contributed by atoms with Gasteiger partial charge < -0.3 is 26.2 Å². The molecule has 3 aliphatic carbocycles. The molecule has 4 atom stereocenters. The number of hydrogen-bond donors (Lipinski definition) is 6. The van der Waals surface area contributed by atoms with E-state index < -0.39 is 67.1 Å². The molecule has 3 aliphatic rings. The second-order valence-corrected chi connectivity index (χ2v) is 14.3. The number of rotatable bonds is 4. The first kappa shape index (κ1) is 31.8. The van der Waals surface area contributed by atoms with E-state index in [-0.39, 0.29) is 29.7 Å². The molecule has 13 heteroatoms. The number of aliphatic hydroxyl groups is 3. The van der Waals surface area contributed by atoms with Gasteiger partial charge in [-0.15, -0.1) is 0 Å². The molecule has 0 radical (unpaired) electrons. The molecule has 0 unspecified atom stereocenters. The number of fused-ring (bicyclic) bond motifs is 3. The number of aromatic hydroxyl groups is 1. The third-order valence-electron chi connectivity index (χ3n) is 9.04. The summed E-state index contributed by atoms with van der Waals surface area (Å²) in [4.78, 5) is 41.6. The molecule has 2 aromatic rings. The third-order valence-corrected chi connectivity index (χ3v) is 9.65. The first-order chi connectivity index (χ1) is 20.8. The summed E-state index contributed by atoms with van der Waals surface area (Å²) < 4.78 is 25.4. The Morgan fingerprint density at radius 3 is 2.22 bits per heavy atom. The van der Waals surface area contributed by atoms with Crippen molar-refractivity contribution in [2.45, 2.75) is 38.3 Å². The van der Waals surface area contributed by atoms with E-state index in [9.17, 15) is 43.2 Å². The summed E-state index contributed by atoms with van der Waals surface area (Å²) in [6.07, 6.45) is 0.981. The lowest BCUT2D eigenvalue weighted by molar-refractivity contribution is -0.176. The standard InChI is InChI=1S/C32H33N3O9S/c1-30-14-19-17(9-6-16-7-11-18(12-8-16)34-45(5,43)44)10-13-20(36)21(19)24(37)23(30)28(40)32(42)27(39)22(29(33)41)25(38)26(35(3)4)31(32,2)15-30/h7-8,10-13,26,34,36-37,39,42H,14-15H2,1-5H3,(H2,33,41)/t26-,30+,31+,32-/m1/s1. The average Bonchev–Trinajstić information content (AvgIpc) is 2.90. The number of benzene rings is 2. The van der Waals surface area contributed by atoms with E-state index in [1.807, 2.05) is 0 Å². The highest BCUT2D eigenvalue weighted by molar-refractivity contribution is 7.92. The number of hydrogen-bond acceptors (Lipinski definition) is 10. The highest BCUT2D eigenvalue weighted by atomic mass is 32.2. The van der Waals surface area contributed by atoms with Crippen LogP contribution in [0, 0.1) is 22.7 Å². The van der Waals surface area contributed by atoms with Crippen molar-refractivity contribution in [3.63, 3.8) is 0 Å². The van der Waals surface area contributed by atoms with E-state index in [1.54, 1.807) is 37.3 Å². The van der Waals surface area contributed by atoms with Gasteiger partial charge in [0.05, 0.1) is 17.9 Å². The summed E-state index contributed by atoms with van der Waals surface area (Å²) in [6, 6.07) is 7.95. The van der Waals surface area contributed by atoms with Gasteiger partial charge in [0.1, 0.15) is 22.8 Å². The fraction of sp³-hybridized carbons (Fsp3) is 0.344. The molecule has 0 bridgehead atoms. The fourth-order valence-electron chi connectivity index (χ4n) is 7.41. The Morgan fingerprint density at radius 1 is 1.04 bits per heavy atom. The molecule has 0 heterocycles. The first-order valence-corrected chi connectivity index (χ1v) is 15.8. The van der Waals surface area contributed by atoms with Crippen LogP contribution in [-0.4, -0.2) is 83.2 Å². The minimum Gasteiger partial charge on any atom is -0.508 e. The molecule has 1 amide bonds. The Morgan fingerprint density at radius 2 is 1.67 bits per heavy atom. The molecular weight excluding hydrogens is 602 g/mol. The number of Topliss-reactive ketones (excluding diaryl/α,β-unsaturated/α-hetero) is 2. The van der Waals surface area contributed by atoms with Crippen molar-refractivity contribution < 1.29 is 43.2 Å². The summed E-state index contributed by atoms with van der Waals surface area (Å²) in [6.45, 7) is 3.15. The zero-order valence-corrected chi connectivity index (χ0v) is 26.0. The van der Waals surface area contributed by atoms with Crippen molar-refractivity contribution in [1.29, 1.82) is 0 Å². The predicted octanol–water partition coefficient (Wildman–Crippen LogP) is 1.52. The molecule has 0 aliphatic heterocycles. The number of phenolic OH excluding ortho intramolecular Hbond substituents is 1. The minimum atomic E-state index is -3.46. The fourth-order valence-corrected chi connectivity index (χ4v) is 7.98. The number of carbonyl (C=O) groups excluding carboxylic acids is 3. The van der Waals surface area contributed by atoms with Gasteiger partial charge >= 0.3 is 0 Å². The number of anilines is 1. The van der Waals surface area contributed by atoms with Crippen molar-refractivity contribution in [2.75, 3.05) is 25.1 Å². The number of amides is 1. The van der Waals surface area contributed by atoms with Crippen LogP contribution in [0.2, 0.25) is 0 Å². The van der Waals surface area contributed by atoms with Gasteiger partial charge in [-0.2, -0.15) is 0 Å². The molecule has 12 nitrogen and oxygen atoms in total. The topological polar surface area (TPSA) is 208 Å². The summed E-state index contributed by atoms with van der Waals surface area (Å²) in [7, 11) is -0.380. The third kappa shape index (κ3) is 4.68. The number of phenols is 1. The molecule has 0 aromatic heterocycles. The van der Waals surface area contributed by atoms with Crippen LogP contribution in [0.5, 0.6) is 5.75 Å². The van der Waals surface area contributed by atoms with Crippen LogP contribution in [0.3, 0.4) is 0 Å². The highest BCUT2D eigenvalue weighted by Crippen LogP contribution is 2.63. The number of nitrogens with zero attached hydrogens (tertiary/aromatic N) is 1. The summed E-state index contributed by atoms with van der Waals surface area (Å²) in [5.41, 5.74) is 0.223. The molecule has 236 valence electrons.